The summed E-state index contributed by atoms with van der Waals surface area (Å²) in [7, 11) is 0. The van der Waals surface area contributed by atoms with Gasteiger partial charge in [0.1, 0.15) is 6.54 Å². The quantitative estimate of drug-likeness (QED) is 0.122. The van der Waals surface area contributed by atoms with Gasteiger partial charge in [-0.25, -0.2) is 0 Å². The maximum Gasteiger partial charge on any atom is 0.180 e. The van der Waals surface area contributed by atoms with E-state index in [1.165, 1.54) is 96.3 Å². The molecule has 0 rings (SSSR count). The third kappa shape index (κ3) is 16.8. The van der Waals surface area contributed by atoms with Crippen LogP contribution in [0.2, 0.25) is 0 Å². The summed E-state index contributed by atoms with van der Waals surface area (Å²) in [5.74, 6) is 0. The first-order valence-corrected chi connectivity index (χ1v) is 12.4. The van der Waals surface area contributed by atoms with Crippen LogP contribution in [-0.2, 0) is 0 Å². The van der Waals surface area contributed by atoms with E-state index in [1.54, 1.807) is 0 Å². The first-order chi connectivity index (χ1) is 13.7. The van der Waals surface area contributed by atoms with E-state index in [1.807, 2.05) is 0 Å². The number of unbranched alkanes of at least 4 members (excludes halogenated alkanes) is 15. The molecular weight excluding hydrogens is 350 g/mol. The first-order valence-electron chi connectivity index (χ1n) is 12.4. The Bertz CT molecular complexity index is 302. The van der Waals surface area contributed by atoms with Crippen LogP contribution in [0.15, 0.2) is 0 Å². The summed E-state index contributed by atoms with van der Waals surface area (Å²) < 4.78 is 0.537. The number of quaternary nitrogens is 1. The van der Waals surface area contributed by atoms with Crippen molar-refractivity contribution in [1.82, 2.24) is 0 Å². The summed E-state index contributed by atoms with van der Waals surface area (Å²) in [6, 6.07) is 0. The number of nitrogens with zero attached hydrogens (tertiary/aromatic N) is 1. The van der Waals surface area contributed by atoms with Gasteiger partial charge in [0.25, 0.3) is 0 Å². The van der Waals surface area contributed by atoms with Crippen LogP contribution >= 0.6 is 0 Å². The number of rotatable bonds is 23. The molecule has 0 heterocycles. The second kappa shape index (κ2) is 21.5. The molecule has 0 spiro atoms. The van der Waals surface area contributed by atoms with Crippen molar-refractivity contribution in [1.29, 1.82) is 0 Å². The molecule has 1 unspecified atom stereocenters. The standard InChI is InChI=1S/C24H52NO3/c1-2-3-4-5-6-7-8-9-10-11-12-13-14-15-16-17-19-25(24-28,21-23-27)20-18-22-26/h26-28H,2-24H2,1H3/q+1. The predicted molar refractivity (Wildman–Crippen MR) is 120 cm³/mol. The second-order valence-corrected chi connectivity index (χ2v) is 8.76. The summed E-state index contributed by atoms with van der Waals surface area (Å²) in [4.78, 5) is 0. The lowest BCUT2D eigenvalue weighted by atomic mass is 10.0. The van der Waals surface area contributed by atoms with E-state index in [0.29, 0.717) is 17.4 Å². The number of aliphatic hydroxyl groups is 3. The summed E-state index contributed by atoms with van der Waals surface area (Å²) in [6.07, 6.45) is 22.5. The lowest BCUT2D eigenvalue weighted by molar-refractivity contribution is -0.945. The Morgan fingerprint density at radius 2 is 0.821 bits per heavy atom. The molecule has 0 bridgehead atoms. The van der Waals surface area contributed by atoms with E-state index < -0.39 is 0 Å². The number of hydrogen-bond donors (Lipinski definition) is 3. The molecule has 4 nitrogen and oxygen atoms in total. The Labute approximate surface area is 175 Å². The van der Waals surface area contributed by atoms with Gasteiger partial charge in [0.15, 0.2) is 6.73 Å². The van der Waals surface area contributed by atoms with Crippen LogP contribution in [0.5, 0.6) is 0 Å². The molecule has 4 heteroatoms. The summed E-state index contributed by atoms with van der Waals surface area (Å²) in [5, 5.41) is 28.1. The zero-order valence-corrected chi connectivity index (χ0v) is 19.1. The zero-order chi connectivity index (χ0) is 20.8. The van der Waals surface area contributed by atoms with Crippen LogP contribution in [0.3, 0.4) is 0 Å². The summed E-state index contributed by atoms with van der Waals surface area (Å²) in [5.41, 5.74) is 0. The van der Waals surface area contributed by atoms with Crippen molar-refractivity contribution in [3.8, 4) is 0 Å². The van der Waals surface area contributed by atoms with E-state index in [0.717, 1.165) is 19.5 Å². The molecule has 0 saturated heterocycles. The Kier molecular flexibility index (Phi) is 21.4. The average molecular weight is 403 g/mol. The SMILES string of the molecule is CCCCCCCCCCCCCCCCCC[N+](CO)(CCO)CCCO. The number of aliphatic hydroxyl groups excluding tert-OH is 3. The molecule has 3 N–H and O–H groups in total. The third-order valence-electron chi connectivity index (χ3n) is 6.15. The van der Waals surface area contributed by atoms with E-state index in [9.17, 15) is 10.2 Å². The Hall–Kier alpha value is -0.160. The van der Waals surface area contributed by atoms with Gasteiger partial charge in [-0.15, -0.1) is 0 Å². The molecule has 0 fully saturated rings. The van der Waals surface area contributed by atoms with Crippen molar-refractivity contribution in [2.24, 2.45) is 0 Å². The zero-order valence-electron chi connectivity index (χ0n) is 19.1. The minimum absolute atomic E-state index is 0.0688. The van der Waals surface area contributed by atoms with Gasteiger partial charge in [0.2, 0.25) is 0 Å². The van der Waals surface area contributed by atoms with Crippen LogP contribution < -0.4 is 0 Å². The predicted octanol–water partition coefficient (Wildman–Crippen LogP) is 5.39. The smallest absolute Gasteiger partial charge is 0.180 e. The molecule has 170 valence electrons. The van der Waals surface area contributed by atoms with Crippen molar-refractivity contribution in [2.75, 3.05) is 39.6 Å². The lowest BCUT2D eigenvalue weighted by Crippen LogP contribution is -2.52. The summed E-state index contributed by atoms with van der Waals surface area (Å²) in [6.45, 7) is 4.87. The van der Waals surface area contributed by atoms with Crippen molar-refractivity contribution in [3.63, 3.8) is 0 Å². The topological polar surface area (TPSA) is 60.7 Å². The Morgan fingerprint density at radius 3 is 1.18 bits per heavy atom. The molecule has 0 aliphatic heterocycles. The van der Waals surface area contributed by atoms with Crippen LogP contribution in [0.25, 0.3) is 0 Å². The molecule has 0 radical (unpaired) electrons. The highest BCUT2D eigenvalue weighted by molar-refractivity contribution is 4.51. The van der Waals surface area contributed by atoms with Crippen LogP contribution in [0.1, 0.15) is 116 Å². The van der Waals surface area contributed by atoms with Crippen LogP contribution in [0, 0.1) is 0 Å². The van der Waals surface area contributed by atoms with Crippen molar-refractivity contribution in [2.45, 2.75) is 116 Å². The lowest BCUT2D eigenvalue weighted by Gasteiger charge is -2.36. The van der Waals surface area contributed by atoms with Crippen molar-refractivity contribution in [3.05, 3.63) is 0 Å². The molecular formula is C24H52NO3+. The van der Waals surface area contributed by atoms with E-state index in [-0.39, 0.29) is 19.9 Å². The average Bonchev–Trinajstić information content (AvgIpc) is 2.71. The molecule has 0 aromatic heterocycles. The highest BCUT2D eigenvalue weighted by atomic mass is 16.3. The fourth-order valence-electron chi connectivity index (χ4n) is 4.16. The van der Waals surface area contributed by atoms with Gasteiger partial charge in [-0.1, -0.05) is 96.8 Å². The highest BCUT2D eigenvalue weighted by Crippen LogP contribution is 2.15. The van der Waals surface area contributed by atoms with E-state index in [4.69, 9.17) is 5.11 Å². The fraction of sp³-hybridized carbons (Fsp3) is 1.00. The molecule has 0 aliphatic carbocycles. The molecule has 0 aromatic rings. The minimum atomic E-state index is 0.0688. The molecule has 0 aliphatic rings. The van der Waals surface area contributed by atoms with Gasteiger partial charge in [0, 0.05) is 13.0 Å². The third-order valence-corrected chi connectivity index (χ3v) is 6.15. The van der Waals surface area contributed by atoms with Gasteiger partial charge in [0.05, 0.1) is 19.7 Å². The largest absolute Gasteiger partial charge is 0.396 e. The fourth-order valence-corrected chi connectivity index (χ4v) is 4.16. The van der Waals surface area contributed by atoms with Gasteiger partial charge in [-0.05, 0) is 12.8 Å². The molecule has 0 aromatic carbocycles. The van der Waals surface area contributed by atoms with Gasteiger partial charge < -0.3 is 15.3 Å². The van der Waals surface area contributed by atoms with Gasteiger partial charge in [-0.2, -0.15) is 0 Å². The van der Waals surface area contributed by atoms with Crippen molar-refractivity contribution >= 4 is 0 Å². The second-order valence-electron chi connectivity index (χ2n) is 8.76. The minimum Gasteiger partial charge on any atom is -0.396 e. The molecule has 0 saturated carbocycles. The van der Waals surface area contributed by atoms with Crippen LogP contribution in [-0.4, -0.2) is 59.4 Å². The van der Waals surface area contributed by atoms with Gasteiger partial charge in [-0.3, -0.25) is 4.48 Å². The highest BCUT2D eigenvalue weighted by Gasteiger charge is 2.24. The van der Waals surface area contributed by atoms with E-state index >= 15 is 0 Å². The van der Waals surface area contributed by atoms with Gasteiger partial charge >= 0.3 is 0 Å². The van der Waals surface area contributed by atoms with E-state index in [2.05, 4.69) is 6.92 Å². The summed E-state index contributed by atoms with van der Waals surface area (Å²) >= 11 is 0. The normalized spacial score (nSPS) is 13.7. The first kappa shape index (κ1) is 27.8. The Balaban J connectivity index is 3.44. The molecule has 0 amide bonds. The maximum absolute atomic E-state index is 9.74. The maximum atomic E-state index is 9.74. The Morgan fingerprint density at radius 1 is 0.429 bits per heavy atom. The molecule has 28 heavy (non-hydrogen) atoms. The molecule has 1 atom stereocenters. The van der Waals surface area contributed by atoms with Crippen molar-refractivity contribution < 1.29 is 19.8 Å². The monoisotopic (exact) mass is 402 g/mol. The number of hydrogen-bond acceptors (Lipinski definition) is 3. The van der Waals surface area contributed by atoms with Crippen LogP contribution in [0.4, 0.5) is 0 Å².